The first-order valence-corrected chi connectivity index (χ1v) is 21.9. The monoisotopic (exact) mass is 950 g/mol. The van der Waals surface area contributed by atoms with Gasteiger partial charge < -0.3 is 51.2 Å². The van der Waals surface area contributed by atoms with E-state index in [1.165, 1.54) is 49.0 Å². The number of hydrogen-bond donors (Lipinski definition) is 8. The fourth-order valence-electron chi connectivity index (χ4n) is 7.87. The van der Waals surface area contributed by atoms with E-state index in [0.29, 0.717) is 77.6 Å². The first-order chi connectivity index (χ1) is 33.5. The van der Waals surface area contributed by atoms with Crippen LogP contribution in [0.5, 0.6) is 0 Å². The summed E-state index contributed by atoms with van der Waals surface area (Å²) in [5, 5.41) is 49.9. The van der Waals surface area contributed by atoms with E-state index in [9.17, 15) is 58.8 Å². The van der Waals surface area contributed by atoms with Crippen LogP contribution in [0.3, 0.4) is 0 Å². The number of rotatable bonds is 16. The van der Waals surface area contributed by atoms with Crippen molar-refractivity contribution in [3.8, 4) is 11.1 Å². The van der Waals surface area contributed by atoms with Gasteiger partial charge in [0.1, 0.15) is 23.0 Å². The topological polar surface area (TPSA) is 284 Å². The third-order valence-corrected chi connectivity index (χ3v) is 11.7. The van der Waals surface area contributed by atoms with Crippen LogP contribution in [-0.2, 0) is 9.47 Å². The number of benzene rings is 3. The second-order valence-corrected chi connectivity index (χ2v) is 16.5. The quantitative estimate of drug-likeness (QED) is 0.0682. The standard InChI is InChI=1S/C52H46N4O14/c1-27-3-13-33(14-4-27)69-34-15-9-31(10-16-34)55-47(59)41-25-42(44(52(67)68)26-43(41)51(65)66)48(60)56-32-11-19-36(20-12-32)70-35-17-7-30(8-18-35)54-46(58)40-24-29(6-22-38(40)50(63)64)28-5-21-37(49(61)62)39(23-28)45(57)53-2/h3,5-7,9,11,13,15,17,19,21-26H,4,8,10,12,14,16,18,20H2,1-2H3,(H,53,57)(H,54,58)(H,55,59)(H,56,60)(H,61,62)(H,63,64)(H,65,66)(H,67,68). The van der Waals surface area contributed by atoms with Gasteiger partial charge in [-0.15, -0.1) is 0 Å². The number of aromatic carboxylic acids is 4. The molecule has 0 saturated heterocycles. The van der Waals surface area contributed by atoms with Gasteiger partial charge in [-0.3, -0.25) is 19.2 Å². The lowest BCUT2D eigenvalue weighted by atomic mass is 9.95. The minimum atomic E-state index is -1.57. The SMILES string of the molecule is CNC(=O)c1cc(-c2ccc(C(=O)O)c(C(=O)NC3=CC=C(OC4=CC=C(NC(=O)c5cc(C(=O)NC6=CC=C(OC7=CC=C(C)CC7)CC6)c(C(=O)O)cc5C(=O)O)CC4)CC3)c2)ccc1C(=O)O. The number of nitrogens with one attached hydrogen (secondary N) is 4. The molecule has 0 unspecified atom stereocenters. The predicted octanol–water partition coefficient (Wildman–Crippen LogP) is 7.74. The lowest BCUT2D eigenvalue weighted by Crippen LogP contribution is -2.29. The zero-order chi connectivity index (χ0) is 50.2. The van der Waals surface area contributed by atoms with Crippen molar-refractivity contribution in [2.75, 3.05) is 7.05 Å². The molecule has 0 heterocycles. The highest BCUT2D eigenvalue weighted by Gasteiger charge is 2.28. The Balaban J connectivity index is 1.00. The predicted molar refractivity (Wildman–Crippen MR) is 251 cm³/mol. The van der Waals surface area contributed by atoms with Crippen LogP contribution >= 0.6 is 0 Å². The van der Waals surface area contributed by atoms with Crippen LogP contribution in [0.1, 0.15) is 141 Å². The number of carboxylic acids is 4. The number of hydrogen-bond acceptors (Lipinski definition) is 10. The molecule has 0 saturated carbocycles. The maximum atomic E-state index is 13.6. The van der Waals surface area contributed by atoms with E-state index in [-0.39, 0.29) is 28.7 Å². The third-order valence-electron chi connectivity index (χ3n) is 11.7. The van der Waals surface area contributed by atoms with Crippen LogP contribution in [0.25, 0.3) is 11.1 Å². The maximum absolute atomic E-state index is 13.6. The Hall–Kier alpha value is -9.06. The Morgan fingerprint density at radius 3 is 1.03 bits per heavy atom. The van der Waals surface area contributed by atoms with Crippen LogP contribution < -0.4 is 21.3 Å². The molecule has 3 aromatic carbocycles. The number of carbonyl (C=O) groups is 8. The first kappa shape index (κ1) is 48.9. The van der Waals surface area contributed by atoms with E-state index in [2.05, 4.69) is 21.3 Å². The van der Waals surface area contributed by atoms with Gasteiger partial charge in [-0.05, 0) is 123 Å². The van der Waals surface area contributed by atoms with Gasteiger partial charge >= 0.3 is 23.9 Å². The molecule has 18 nitrogen and oxygen atoms in total. The summed E-state index contributed by atoms with van der Waals surface area (Å²) in [6.45, 7) is 2.04. The van der Waals surface area contributed by atoms with Crippen molar-refractivity contribution in [1.29, 1.82) is 0 Å². The molecule has 358 valence electrons. The number of ether oxygens (including phenoxy) is 2. The second-order valence-electron chi connectivity index (χ2n) is 16.5. The highest BCUT2D eigenvalue weighted by Crippen LogP contribution is 2.30. The largest absolute Gasteiger partial charge is 0.478 e. The van der Waals surface area contributed by atoms with E-state index in [1.807, 2.05) is 19.1 Å². The molecular weight excluding hydrogens is 905 g/mol. The van der Waals surface area contributed by atoms with Gasteiger partial charge in [-0.25, -0.2) is 19.2 Å². The minimum Gasteiger partial charge on any atom is -0.478 e. The lowest BCUT2D eigenvalue weighted by Gasteiger charge is -2.21. The number of allylic oxidation sites excluding steroid dienone is 16. The normalized spacial score (nSPS) is 15.3. The Kier molecular flexibility index (Phi) is 14.8. The molecule has 0 bridgehead atoms. The molecule has 18 heteroatoms. The summed E-state index contributed by atoms with van der Waals surface area (Å²) in [6, 6.07) is 9.84. The van der Waals surface area contributed by atoms with Crippen LogP contribution in [0.4, 0.5) is 0 Å². The molecule has 3 aromatic rings. The van der Waals surface area contributed by atoms with Gasteiger partial charge in [0.05, 0.1) is 44.5 Å². The van der Waals surface area contributed by atoms with Crippen molar-refractivity contribution in [3.63, 3.8) is 0 Å². The second kappa shape index (κ2) is 21.3. The molecule has 0 spiro atoms. The molecule has 7 rings (SSSR count). The van der Waals surface area contributed by atoms with E-state index in [4.69, 9.17) is 9.47 Å². The highest BCUT2D eigenvalue weighted by atomic mass is 16.5. The number of amides is 4. The van der Waals surface area contributed by atoms with Crippen molar-refractivity contribution in [2.24, 2.45) is 0 Å². The zero-order valence-electron chi connectivity index (χ0n) is 37.8. The van der Waals surface area contributed by atoms with Crippen molar-refractivity contribution in [1.82, 2.24) is 21.3 Å². The summed E-state index contributed by atoms with van der Waals surface area (Å²) in [4.78, 5) is 101. The first-order valence-electron chi connectivity index (χ1n) is 21.9. The van der Waals surface area contributed by atoms with E-state index in [0.717, 1.165) is 30.7 Å². The summed E-state index contributed by atoms with van der Waals surface area (Å²) in [7, 11) is 1.35. The molecule has 0 fully saturated rings. The molecule has 4 aliphatic carbocycles. The summed E-state index contributed by atoms with van der Waals surface area (Å²) in [5.41, 5.74) is 0.483. The lowest BCUT2D eigenvalue weighted by molar-refractivity contribution is 0.0676. The molecule has 4 amide bonds. The van der Waals surface area contributed by atoms with Crippen molar-refractivity contribution < 1.29 is 68.3 Å². The molecule has 0 radical (unpaired) electrons. The Morgan fingerprint density at radius 2 is 0.714 bits per heavy atom. The maximum Gasteiger partial charge on any atom is 0.336 e. The van der Waals surface area contributed by atoms with E-state index >= 15 is 0 Å². The number of carbonyl (C=O) groups excluding carboxylic acids is 4. The van der Waals surface area contributed by atoms with Gasteiger partial charge in [0.15, 0.2) is 0 Å². The van der Waals surface area contributed by atoms with Crippen LogP contribution in [0.2, 0.25) is 0 Å². The molecule has 70 heavy (non-hydrogen) atoms. The summed E-state index contributed by atoms with van der Waals surface area (Å²) in [6.07, 6.45) is 17.5. The van der Waals surface area contributed by atoms with Crippen molar-refractivity contribution in [2.45, 2.75) is 58.3 Å². The molecular formula is C52H46N4O14. The smallest absolute Gasteiger partial charge is 0.336 e. The fourth-order valence-corrected chi connectivity index (χ4v) is 7.87. The third kappa shape index (κ3) is 11.5. The van der Waals surface area contributed by atoms with Gasteiger partial charge in [0.2, 0.25) is 0 Å². The fraction of sp³-hybridized carbons (Fsp3) is 0.192. The van der Waals surface area contributed by atoms with Gasteiger partial charge in [0, 0.05) is 49.8 Å². The minimum absolute atomic E-state index is 0.117. The van der Waals surface area contributed by atoms with Gasteiger partial charge in [-0.2, -0.15) is 0 Å². The van der Waals surface area contributed by atoms with Crippen LogP contribution in [0, 0.1) is 0 Å². The molecule has 0 aliphatic heterocycles. The van der Waals surface area contributed by atoms with Crippen LogP contribution in [-0.4, -0.2) is 75.0 Å². The zero-order valence-corrected chi connectivity index (χ0v) is 37.8. The summed E-state index contributed by atoms with van der Waals surface area (Å²) < 4.78 is 12.1. The highest BCUT2D eigenvalue weighted by molar-refractivity contribution is 6.12. The number of carboxylic acid groups (broad SMARTS) is 4. The Labute approximate surface area is 399 Å². The average Bonchev–Trinajstić information content (AvgIpc) is 3.35. The van der Waals surface area contributed by atoms with Gasteiger partial charge in [-0.1, -0.05) is 23.8 Å². The molecule has 0 aromatic heterocycles. The van der Waals surface area contributed by atoms with Gasteiger partial charge in [0.25, 0.3) is 23.6 Å². The molecule has 8 N–H and O–H groups in total. The molecule has 0 atom stereocenters. The molecule has 4 aliphatic rings. The Bertz CT molecular complexity index is 3050. The van der Waals surface area contributed by atoms with Crippen molar-refractivity contribution >= 4 is 47.5 Å². The van der Waals surface area contributed by atoms with E-state index < -0.39 is 69.8 Å². The van der Waals surface area contributed by atoms with Crippen molar-refractivity contribution in [3.05, 3.63) is 187 Å². The average molecular weight is 951 g/mol. The summed E-state index contributed by atoms with van der Waals surface area (Å²) >= 11 is 0. The van der Waals surface area contributed by atoms with Crippen LogP contribution in [0.15, 0.2) is 143 Å². The Morgan fingerprint density at radius 1 is 0.386 bits per heavy atom. The summed E-state index contributed by atoms with van der Waals surface area (Å²) in [5.74, 6) is -6.26. The van der Waals surface area contributed by atoms with E-state index in [1.54, 1.807) is 36.5 Å².